The van der Waals surface area contributed by atoms with Gasteiger partial charge in [-0.3, -0.25) is 0 Å². The van der Waals surface area contributed by atoms with Crippen LogP contribution < -0.4 is 0 Å². The average molecular weight is 128 g/mol. The van der Waals surface area contributed by atoms with Crippen molar-refractivity contribution in [3.63, 3.8) is 0 Å². The van der Waals surface area contributed by atoms with Crippen LogP contribution in [0, 0.1) is 11.8 Å². The minimum Gasteiger partial charge on any atom is -0.378 e. The zero-order valence-corrected chi connectivity index (χ0v) is 6.55. The quantitative estimate of drug-likeness (QED) is 0.485. The predicted molar refractivity (Wildman–Crippen MR) is 38.4 cm³/mol. The van der Waals surface area contributed by atoms with Gasteiger partial charge in [0, 0.05) is 6.61 Å². The molecule has 9 heavy (non-hydrogen) atoms. The van der Waals surface area contributed by atoms with Gasteiger partial charge >= 0.3 is 0 Å². The van der Waals surface area contributed by atoms with Gasteiger partial charge in [0.1, 0.15) is 0 Å². The van der Waals surface area contributed by atoms with Crippen LogP contribution in [0.2, 0.25) is 0 Å². The minimum atomic E-state index is 0.487. The standard InChI is InChI=1S/C8H16O/c1-6-4-7(2)8(3)9-5-6/h6-8H,4-5H2,1-3H3/t6?,7?,8-/m0/s1. The molecule has 1 fully saturated rings. The molecule has 0 amide bonds. The Balaban J connectivity index is 2.35. The Morgan fingerprint density at radius 3 is 2.33 bits per heavy atom. The summed E-state index contributed by atoms with van der Waals surface area (Å²) in [6.07, 6.45) is 1.82. The summed E-state index contributed by atoms with van der Waals surface area (Å²) < 4.78 is 5.50. The van der Waals surface area contributed by atoms with Gasteiger partial charge in [-0.25, -0.2) is 0 Å². The van der Waals surface area contributed by atoms with E-state index in [0.717, 1.165) is 18.4 Å². The maximum Gasteiger partial charge on any atom is 0.0572 e. The van der Waals surface area contributed by atoms with Crippen LogP contribution in [0.15, 0.2) is 0 Å². The van der Waals surface area contributed by atoms with Gasteiger partial charge in [0.2, 0.25) is 0 Å². The van der Waals surface area contributed by atoms with Gasteiger partial charge in [-0.2, -0.15) is 0 Å². The van der Waals surface area contributed by atoms with Crippen molar-refractivity contribution in [1.82, 2.24) is 0 Å². The van der Waals surface area contributed by atoms with E-state index in [1.54, 1.807) is 0 Å². The zero-order chi connectivity index (χ0) is 6.85. The molecule has 1 aliphatic rings. The SMILES string of the molecule is CC1CO[C@@H](C)C(C)C1. The first-order valence-electron chi connectivity index (χ1n) is 3.81. The summed E-state index contributed by atoms with van der Waals surface area (Å²) in [5.41, 5.74) is 0. The molecule has 1 rings (SSSR count). The van der Waals surface area contributed by atoms with Crippen LogP contribution >= 0.6 is 0 Å². The largest absolute Gasteiger partial charge is 0.378 e. The summed E-state index contributed by atoms with van der Waals surface area (Å²) >= 11 is 0. The third-order valence-corrected chi connectivity index (χ3v) is 2.22. The Hall–Kier alpha value is -0.0400. The predicted octanol–water partition coefficient (Wildman–Crippen LogP) is 2.07. The van der Waals surface area contributed by atoms with E-state index in [0.29, 0.717) is 6.10 Å². The van der Waals surface area contributed by atoms with Crippen LogP contribution in [0.3, 0.4) is 0 Å². The molecule has 0 radical (unpaired) electrons. The van der Waals surface area contributed by atoms with Crippen molar-refractivity contribution in [2.45, 2.75) is 33.3 Å². The van der Waals surface area contributed by atoms with E-state index < -0.39 is 0 Å². The molecule has 0 aromatic rings. The van der Waals surface area contributed by atoms with E-state index in [1.165, 1.54) is 6.42 Å². The second kappa shape index (κ2) is 2.70. The molecule has 0 aromatic carbocycles. The lowest BCUT2D eigenvalue weighted by Gasteiger charge is -2.30. The molecule has 1 aliphatic heterocycles. The first-order chi connectivity index (χ1) is 4.20. The maximum atomic E-state index is 5.50. The van der Waals surface area contributed by atoms with Crippen molar-refractivity contribution in [2.24, 2.45) is 11.8 Å². The molecule has 0 bridgehead atoms. The molecule has 1 nitrogen and oxygen atoms in total. The second-order valence-corrected chi connectivity index (χ2v) is 3.36. The van der Waals surface area contributed by atoms with Gasteiger partial charge in [0.25, 0.3) is 0 Å². The third kappa shape index (κ3) is 1.68. The summed E-state index contributed by atoms with van der Waals surface area (Å²) in [4.78, 5) is 0. The lowest BCUT2D eigenvalue weighted by atomic mass is 9.91. The van der Waals surface area contributed by atoms with Gasteiger partial charge in [-0.1, -0.05) is 13.8 Å². The summed E-state index contributed by atoms with van der Waals surface area (Å²) in [5, 5.41) is 0. The molecular weight excluding hydrogens is 112 g/mol. The third-order valence-electron chi connectivity index (χ3n) is 2.22. The molecular formula is C8H16O. The van der Waals surface area contributed by atoms with Gasteiger partial charge < -0.3 is 4.74 Å². The van der Waals surface area contributed by atoms with Crippen LogP contribution in [-0.2, 0) is 4.74 Å². The highest BCUT2D eigenvalue weighted by Crippen LogP contribution is 2.23. The Morgan fingerprint density at radius 2 is 1.89 bits per heavy atom. The van der Waals surface area contributed by atoms with Gasteiger partial charge in [-0.05, 0) is 25.2 Å². The number of hydrogen-bond acceptors (Lipinski definition) is 1. The molecule has 0 spiro atoms. The minimum absolute atomic E-state index is 0.487. The second-order valence-electron chi connectivity index (χ2n) is 3.36. The molecule has 0 aliphatic carbocycles. The van der Waals surface area contributed by atoms with E-state index in [9.17, 15) is 0 Å². The van der Waals surface area contributed by atoms with E-state index >= 15 is 0 Å². The normalized spacial score (nSPS) is 45.0. The van der Waals surface area contributed by atoms with Crippen LogP contribution in [0.4, 0.5) is 0 Å². The fourth-order valence-corrected chi connectivity index (χ4v) is 1.37. The van der Waals surface area contributed by atoms with Crippen molar-refractivity contribution in [1.29, 1.82) is 0 Å². The topological polar surface area (TPSA) is 9.23 Å². The van der Waals surface area contributed by atoms with Crippen LogP contribution in [-0.4, -0.2) is 12.7 Å². The molecule has 1 heteroatoms. The summed E-state index contributed by atoms with van der Waals surface area (Å²) in [6, 6.07) is 0. The summed E-state index contributed by atoms with van der Waals surface area (Å²) in [6.45, 7) is 7.64. The average Bonchev–Trinajstić information content (AvgIpc) is 1.80. The zero-order valence-electron chi connectivity index (χ0n) is 6.55. The van der Waals surface area contributed by atoms with Crippen molar-refractivity contribution in [2.75, 3.05) is 6.61 Å². The fourth-order valence-electron chi connectivity index (χ4n) is 1.37. The lowest BCUT2D eigenvalue weighted by Crippen LogP contribution is -2.29. The van der Waals surface area contributed by atoms with Crippen molar-refractivity contribution in [3.05, 3.63) is 0 Å². The lowest BCUT2D eigenvalue weighted by molar-refractivity contribution is -0.0351. The van der Waals surface area contributed by atoms with Gasteiger partial charge in [0.05, 0.1) is 6.10 Å². The van der Waals surface area contributed by atoms with Crippen LogP contribution in [0.25, 0.3) is 0 Å². The van der Waals surface area contributed by atoms with Crippen molar-refractivity contribution >= 4 is 0 Å². The van der Waals surface area contributed by atoms with Gasteiger partial charge in [0.15, 0.2) is 0 Å². The maximum absolute atomic E-state index is 5.50. The van der Waals surface area contributed by atoms with E-state index in [1.807, 2.05) is 0 Å². The Morgan fingerprint density at radius 1 is 1.22 bits per heavy atom. The van der Waals surface area contributed by atoms with Gasteiger partial charge in [-0.15, -0.1) is 0 Å². The Labute approximate surface area is 57.4 Å². The first-order valence-corrected chi connectivity index (χ1v) is 3.81. The molecule has 3 atom stereocenters. The number of ether oxygens (including phenoxy) is 1. The van der Waals surface area contributed by atoms with Crippen LogP contribution in [0.5, 0.6) is 0 Å². The molecule has 0 saturated carbocycles. The molecule has 54 valence electrons. The molecule has 2 unspecified atom stereocenters. The Kier molecular flexibility index (Phi) is 2.12. The highest BCUT2D eigenvalue weighted by Gasteiger charge is 2.21. The fraction of sp³-hybridized carbons (Fsp3) is 1.00. The first kappa shape index (κ1) is 7.07. The highest BCUT2D eigenvalue weighted by atomic mass is 16.5. The van der Waals surface area contributed by atoms with Crippen molar-refractivity contribution < 1.29 is 4.74 Å². The van der Waals surface area contributed by atoms with E-state index in [4.69, 9.17) is 4.74 Å². The summed E-state index contributed by atoms with van der Waals surface area (Å²) in [7, 11) is 0. The van der Waals surface area contributed by atoms with Crippen LogP contribution in [0.1, 0.15) is 27.2 Å². The monoisotopic (exact) mass is 128 g/mol. The summed E-state index contributed by atoms with van der Waals surface area (Å²) in [5.74, 6) is 1.53. The van der Waals surface area contributed by atoms with E-state index in [2.05, 4.69) is 20.8 Å². The smallest absolute Gasteiger partial charge is 0.0572 e. The Bertz CT molecular complexity index is 90.6. The number of hydrogen-bond donors (Lipinski definition) is 0. The molecule has 1 saturated heterocycles. The molecule has 1 heterocycles. The van der Waals surface area contributed by atoms with E-state index in [-0.39, 0.29) is 0 Å². The number of rotatable bonds is 0. The highest BCUT2D eigenvalue weighted by molar-refractivity contribution is 4.70. The van der Waals surface area contributed by atoms with Crippen molar-refractivity contribution in [3.8, 4) is 0 Å². The molecule has 0 N–H and O–H groups in total. The molecule has 0 aromatic heterocycles.